The van der Waals surface area contributed by atoms with Crippen LogP contribution in [0.3, 0.4) is 0 Å². The molecule has 1 saturated heterocycles. The molecule has 0 amide bonds. The van der Waals surface area contributed by atoms with Crippen molar-refractivity contribution in [1.82, 2.24) is 25.2 Å². The zero-order valence-electron chi connectivity index (χ0n) is 9.89. The zero-order valence-corrected chi connectivity index (χ0v) is 10.7. The molecule has 0 radical (unpaired) electrons. The van der Waals surface area contributed by atoms with Gasteiger partial charge in [-0.2, -0.15) is 0 Å². The van der Waals surface area contributed by atoms with Crippen molar-refractivity contribution in [3.8, 4) is 0 Å². The van der Waals surface area contributed by atoms with Crippen molar-refractivity contribution in [1.29, 1.82) is 0 Å². The third kappa shape index (κ3) is 3.43. The highest BCUT2D eigenvalue weighted by atomic mass is 35.5. The standard InChI is InChI=1S/C10H19N5.ClH/c1-11-9-4-3-5-15(7-9)8-10-6-14(2)13-12-10;/h6,9,11H,3-5,7-8H2,1-2H3;1H. The second kappa shape index (κ2) is 6.18. The number of rotatable bonds is 3. The lowest BCUT2D eigenvalue weighted by atomic mass is 10.1. The molecule has 0 aliphatic carbocycles. The fraction of sp³-hybridized carbons (Fsp3) is 0.800. The molecule has 1 unspecified atom stereocenters. The van der Waals surface area contributed by atoms with Crippen molar-refractivity contribution < 1.29 is 0 Å². The molecule has 1 aromatic heterocycles. The number of nitrogens with one attached hydrogen (secondary N) is 1. The van der Waals surface area contributed by atoms with Crippen LogP contribution in [0.5, 0.6) is 0 Å². The first-order chi connectivity index (χ1) is 7.28. The molecule has 1 N–H and O–H groups in total. The van der Waals surface area contributed by atoms with Crippen LogP contribution in [0.1, 0.15) is 18.5 Å². The highest BCUT2D eigenvalue weighted by Gasteiger charge is 2.18. The van der Waals surface area contributed by atoms with E-state index in [1.165, 1.54) is 19.4 Å². The van der Waals surface area contributed by atoms with Gasteiger partial charge in [0.05, 0.1) is 5.69 Å². The molecule has 1 atom stereocenters. The summed E-state index contributed by atoms with van der Waals surface area (Å²) in [7, 11) is 3.94. The van der Waals surface area contributed by atoms with E-state index in [1.54, 1.807) is 4.68 Å². The van der Waals surface area contributed by atoms with E-state index >= 15 is 0 Å². The predicted octanol–water partition coefficient (Wildman–Crippen LogP) is 0.421. The Hall–Kier alpha value is -0.650. The maximum atomic E-state index is 4.11. The summed E-state index contributed by atoms with van der Waals surface area (Å²) in [5.74, 6) is 0. The normalized spacial score (nSPS) is 21.8. The molecule has 0 bridgehead atoms. The summed E-state index contributed by atoms with van der Waals surface area (Å²) in [6.07, 6.45) is 4.54. The number of likely N-dealkylation sites (tertiary alicyclic amines) is 1. The molecular formula is C10H20ClN5. The van der Waals surface area contributed by atoms with Crippen LogP contribution in [0.2, 0.25) is 0 Å². The van der Waals surface area contributed by atoms with Crippen LogP contribution in [0, 0.1) is 0 Å². The zero-order chi connectivity index (χ0) is 10.7. The SMILES string of the molecule is CNC1CCCN(Cc2cn(C)nn2)C1.Cl. The molecule has 6 heteroatoms. The topological polar surface area (TPSA) is 46.0 Å². The number of aryl methyl sites for hydroxylation is 1. The highest BCUT2D eigenvalue weighted by Crippen LogP contribution is 2.11. The summed E-state index contributed by atoms with van der Waals surface area (Å²) in [6, 6.07) is 0.635. The van der Waals surface area contributed by atoms with Crippen molar-refractivity contribution in [2.75, 3.05) is 20.1 Å². The van der Waals surface area contributed by atoms with E-state index in [2.05, 4.69) is 20.5 Å². The van der Waals surface area contributed by atoms with Gasteiger partial charge in [0.1, 0.15) is 0 Å². The summed E-state index contributed by atoms with van der Waals surface area (Å²) in [5, 5.41) is 11.4. The molecule has 2 rings (SSSR count). The number of aromatic nitrogens is 3. The second-order valence-corrected chi connectivity index (χ2v) is 4.25. The average molecular weight is 246 g/mol. The molecule has 92 valence electrons. The minimum atomic E-state index is 0. The van der Waals surface area contributed by atoms with Crippen molar-refractivity contribution >= 4 is 12.4 Å². The largest absolute Gasteiger partial charge is 0.316 e. The molecule has 1 fully saturated rings. The van der Waals surface area contributed by atoms with Crippen LogP contribution < -0.4 is 5.32 Å². The molecule has 16 heavy (non-hydrogen) atoms. The minimum Gasteiger partial charge on any atom is -0.316 e. The van der Waals surface area contributed by atoms with E-state index in [9.17, 15) is 0 Å². The van der Waals surface area contributed by atoms with Crippen molar-refractivity contribution in [2.45, 2.75) is 25.4 Å². The van der Waals surface area contributed by atoms with Gasteiger partial charge in [0, 0.05) is 32.4 Å². The van der Waals surface area contributed by atoms with Gasteiger partial charge in [0.15, 0.2) is 0 Å². The maximum Gasteiger partial charge on any atom is 0.0967 e. The molecular weight excluding hydrogens is 226 g/mol. The van der Waals surface area contributed by atoms with Gasteiger partial charge in [-0.15, -0.1) is 17.5 Å². The van der Waals surface area contributed by atoms with Gasteiger partial charge in [-0.05, 0) is 26.4 Å². The number of hydrogen-bond acceptors (Lipinski definition) is 4. The Kier molecular flexibility index (Phi) is 5.18. The van der Waals surface area contributed by atoms with E-state index in [-0.39, 0.29) is 12.4 Å². The Bertz CT molecular complexity index is 314. The quantitative estimate of drug-likeness (QED) is 0.839. The van der Waals surface area contributed by atoms with Gasteiger partial charge >= 0.3 is 0 Å². The summed E-state index contributed by atoms with van der Waals surface area (Å²) in [6.45, 7) is 3.22. The van der Waals surface area contributed by atoms with Crippen LogP contribution in [0.4, 0.5) is 0 Å². The molecule has 5 nitrogen and oxygen atoms in total. The summed E-state index contributed by atoms with van der Waals surface area (Å²) >= 11 is 0. The predicted molar refractivity (Wildman–Crippen MR) is 65.6 cm³/mol. The van der Waals surface area contributed by atoms with Crippen molar-refractivity contribution in [2.24, 2.45) is 7.05 Å². The van der Waals surface area contributed by atoms with Crippen molar-refractivity contribution in [3.05, 3.63) is 11.9 Å². The fourth-order valence-corrected chi connectivity index (χ4v) is 2.13. The fourth-order valence-electron chi connectivity index (χ4n) is 2.13. The number of hydrogen-bond donors (Lipinski definition) is 1. The molecule has 0 saturated carbocycles. The molecule has 1 aromatic rings. The summed E-state index contributed by atoms with van der Waals surface area (Å²) < 4.78 is 1.76. The van der Waals surface area contributed by atoms with Crippen molar-refractivity contribution in [3.63, 3.8) is 0 Å². The van der Waals surface area contributed by atoms with E-state index < -0.39 is 0 Å². The van der Waals surface area contributed by atoms with Crippen LogP contribution in [0.25, 0.3) is 0 Å². The lowest BCUT2D eigenvalue weighted by Crippen LogP contribution is -2.43. The van der Waals surface area contributed by atoms with Gasteiger partial charge < -0.3 is 5.32 Å². The Morgan fingerprint density at radius 2 is 2.38 bits per heavy atom. The molecule has 1 aliphatic rings. The average Bonchev–Trinajstić information content (AvgIpc) is 2.64. The minimum absolute atomic E-state index is 0. The maximum absolute atomic E-state index is 4.11. The number of halogens is 1. The lowest BCUT2D eigenvalue weighted by molar-refractivity contribution is 0.186. The first-order valence-corrected chi connectivity index (χ1v) is 5.53. The second-order valence-electron chi connectivity index (χ2n) is 4.25. The van der Waals surface area contributed by atoms with Gasteiger partial charge in [-0.1, -0.05) is 5.21 Å². The Morgan fingerprint density at radius 3 is 3.00 bits per heavy atom. The lowest BCUT2D eigenvalue weighted by Gasteiger charge is -2.31. The number of piperidine rings is 1. The van der Waals surface area contributed by atoms with Gasteiger partial charge in [0.25, 0.3) is 0 Å². The van der Waals surface area contributed by atoms with Crippen LogP contribution in [-0.4, -0.2) is 46.1 Å². The van der Waals surface area contributed by atoms with Crippen LogP contribution >= 0.6 is 12.4 Å². The molecule has 0 spiro atoms. The molecule has 2 heterocycles. The summed E-state index contributed by atoms with van der Waals surface area (Å²) in [5.41, 5.74) is 1.06. The third-order valence-electron chi connectivity index (χ3n) is 2.95. The first kappa shape index (κ1) is 13.4. The molecule has 0 aromatic carbocycles. The number of likely N-dealkylation sites (N-methyl/N-ethyl adjacent to an activating group) is 1. The van der Waals surface area contributed by atoms with Crippen LogP contribution in [-0.2, 0) is 13.6 Å². The van der Waals surface area contributed by atoms with Gasteiger partial charge in [-0.3, -0.25) is 9.58 Å². The first-order valence-electron chi connectivity index (χ1n) is 5.53. The van der Waals surface area contributed by atoms with Gasteiger partial charge in [0.2, 0.25) is 0 Å². The number of nitrogens with zero attached hydrogens (tertiary/aromatic N) is 4. The van der Waals surface area contributed by atoms with Crippen LogP contribution in [0.15, 0.2) is 6.20 Å². The Morgan fingerprint density at radius 1 is 1.56 bits per heavy atom. The molecule has 1 aliphatic heterocycles. The smallest absolute Gasteiger partial charge is 0.0967 e. The third-order valence-corrected chi connectivity index (χ3v) is 2.95. The van der Waals surface area contributed by atoms with E-state index in [0.717, 1.165) is 18.8 Å². The van der Waals surface area contributed by atoms with E-state index in [4.69, 9.17) is 0 Å². The highest BCUT2D eigenvalue weighted by molar-refractivity contribution is 5.85. The monoisotopic (exact) mass is 245 g/mol. The summed E-state index contributed by atoms with van der Waals surface area (Å²) in [4.78, 5) is 2.44. The Labute approximate surface area is 103 Å². The Balaban J connectivity index is 0.00000128. The van der Waals surface area contributed by atoms with Gasteiger partial charge in [-0.25, -0.2) is 0 Å². The van der Waals surface area contributed by atoms with E-state index in [0.29, 0.717) is 6.04 Å². The van der Waals surface area contributed by atoms with E-state index in [1.807, 2.05) is 20.3 Å².